The Labute approximate surface area is 87.0 Å². The maximum Gasteiger partial charge on any atom is 0.148 e. The summed E-state index contributed by atoms with van der Waals surface area (Å²) >= 11 is 3.96. The third kappa shape index (κ3) is 1.21. The van der Waals surface area contributed by atoms with Crippen LogP contribution in [0.3, 0.4) is 0 Å². The Morgan fingerprint density at radius 3 is 2.85 bits per heavy atom. The number of hydrogen-bond acceptors (Lipinski definition) is 3. The van der Waals surface area contributed by atoms with Gasteiger partial charge in [-0.2, -0.15) is 0 Å². The zero-order valence-corrected chi connectivity index (χ0v) is 9.32. The zero-order valence-electron chi connectivity index (χ0n) is 7.69. The normalized spacial score (nSPS) is 51.2. The van der Waals surface area contributed by atoms with E-state index in [9.17, 15) is 0 Å². The molecule has 3 rings (SSSR count). The van der Waals surface area contributed by atoms with E-state index in [0.717, 1.165) is 10.5 Å². The predicted molar refractivity (Wildman–Crippen MR) is 59.2 cm³/mol. The Morgan fingerprint density at radius 1 is 1.54 bits per heavy atom. The topological polar surface area (TPSA) is 9.23 Å². The van der Waals surface area contributed by atoms with Gasteiger partial charge in [0.25, 0.3) is 0 Å². The zero-order chi connectivity index (χ0) is 9.05. The van der Waals surface area contributed by atoms with E-state index < -0.39 is 0 Å². The van der Waals surface area contributed by atoms with Crippen molar-refractivity contribution in [3.8, 4) is 0 Å². The predicted octanol–water partition coefficient (Wildman–Crippen LogP) is 2.44. The number of hydrogen-bond donors (Lipinski definition) is 0. The summed E-state index contributed by atoms with van der Waals surface area (Å²) in [5, 5.41) is 2.19. The van der Waals surface area contributed by atoms with Gasteiger partial charge >= 0.3 is 0 Å². The fourth-order valence-electron chi connectivity index (χ4n) is 1.85. The summed E-state index contributed by atoms with van der Waals surface area (Å²) < 4.78 is 5.45. The number of ether oxygens (including phenoxy) is 1. The van der Waals surface area contributed by atoms with Crippen LogP contribution >= 0.6 is 23.5 Å². The van der Waals surface area contributed by atoms with Gasteiger partial charge in [0.05, 0.1) is 5.25 Å². The molecule has 1 aliphatic carbocycles. The molecule has 0 amide bonds. The first-order chi connectivity index (χ1) is 6.25. The molecule has 13 heavy (non-hydrogen) atoms. The second-order valence-electron chi connectivity index (χ2n) is 3.73. The molecule has 0 radical (unpaired) electrons. The summed E-state index contributed by atoms with van der Waals surface area (Å²) in [6.07, 6.45) is 6.86. The highest BCUT2D eigenvalue weighted by Gasteiger charge is 2.55. The minimum absolute atomic E-state index is 0.0201. The number of allylic oxidation sites excluding steroid dienone is 1. The average Bonchev–Trinajstić information content (AvgIpc) is 2.99. The average molecular weight is 212 g/mol. The fraction of sp³-hybridized carbons (Fsp3) is 0.600. The van der Waals surface area contributed by atoms with Gasteiger partial charge < -0.3 is 4.74 Å². The summed E-state index contributed by atoms with van der Waals surface area (Å²) in [4.78, 5) is 0.0201. The van der Waals surface area contributed by atoms with E-state index in [1.54, 1.807) is 7.11 Å². The molecule has 4 unspecified atom stereocenters. The first kappa shape index (κ1) is 8.45. The van der Waals surface area contributed by atoms with Crippen molar-refractivity contribution in [3.05, 3.63) is 23.8 Å². The van der Waals surface area contributed by atoms with Crippen molar-refractivity contribution < 1.29 is 4.74 Å². The molecule has 0 bridgehead atoms. The van der Waals surface area contributed by atoms with Crippen LogP contribution in [0, 0.1) is 0 Å². The molecular weight excluding hydrogens is 200 g/mol. The van der Waals surface area contributed by atoms with Crippen LogP contribution in [0.4, 0.5) is 0 Å². The summed E-state index contributed by atoms with van der Waals surface area (Å²) in [6, 6.07) is 0. The lowest BCUT2D eigenvalue weighted by atomic mass is 10.0. The molecule has 3 heteroatoms. The van der Waals surface area contributed by atoms with E-state index in [2.05, 4.69) is 36.9 Å². The number of rotatable bonds is 2. The molecule has 0 aromatic heterocycles. The molecule has 70 valence electrons. The maximum atomic E-state index is 5.45. The summed E-state index contributed by atoms with van der Waals surface area (Å²) in [5.41, 5.74) is 1.51. The molecule has 0 spiro atoms. The minimum Gasteiger partial charge on any atom is -0.362 e. The summed E-state index contributed by atoms with van der Waals surface area (Å²) in [6.45, 7) is 2.29. The standard InChI is InChI=1S/C10H12OS2/c1-6-9(12-6)7-3-4-10(11-2)8(5-7)13-10/h3-6,8-9H,1-2H3. The second kappa shape index (κ2) is 2.59. The van der Waals surface area contributed by atoms with Crippen molar-refractivity contribution in [1.29, 1.82) is 0 Å². The molecule has 0 aromatic rings. The third-order valence-electron chi connectivity index (χ3n) is 2.86. The van der Waals surface area contributed by atoms with Crippen molar-refractivity contribution in [2.45, 2.75) is 27.6 Å². The van der Waals surface area contributed by atoms with Crippen LogP contribution in [-0.2, 0) is 4.74 Å². The SMILES string of the molecule is COC12C=CC(C3SC3C)=CC1S2. The smallest absolute Gasteiger partial charge is 0.148 e. The van der Waals surface area contributed by atoms with Crippen molar-refractivity contribution in [2.75, 3.05) is 7.11 Å². The molecule has 0 saturated carbocycles. The lowest BCUT2D eigenvalue weighted by molar-refractivity contribution is 0.143. The molecule has 2 heterocycles. The molecule has 0 aromatic carbocycles. The number of methoxy groups -OCH3 is 1. The molecule has 4 atom stereocenters. The molecule has 2 aliphatic heterocycles. The van der Waals surface area contributed by atoms with Crippen molar-refractivity contribution in [2.24, 2.45) is 0 Å². The largest absolute Gasteiger partial charge is 0.362 e. The van der Waals surface area contributed by atoms with Crippen LogP contribution in [0.25, 0.3) is 0 Å². The highest BCUT2D eigenvalue weighted by atomic mass is 32.2. The lowest BCUT2D eigenvalue weighted by Crippen LogP contribution is -2.16. The van der Waals surface area contributed by atoms with Gasteiger partial charge in [0.15, 0.2) is 0 Å². The molecule has 0 N–H and O–H groups in total. The molecule has 1 nitrogen and oxygen atoms in total. The number of fused-ring (bicyclic) bond motifs is 1. The van der Waals surface area contributed by atoms with Crippen LogP contribution in [0.2, 0.25) is 0 Å². The fourth-order valence-corrected chi connectivity index (χ4v) is 3.73. The van der Waals surface area contributed by atoms with Crippen molar-refractivity contribution >= 4 is 23.5 Å². The second-order valence-corrected chi connectivity index (χ2v) is 6.63. The van der Waals surface area contributed by atoms with Gasteiger partial charge in [-0.25, -0.2) is 0 Å². The lowest BCUT2D eigenvalue weighted by Gasteiger charge is -2.11. The minimum atomic E-state index is 0.0201. The molecule has 3 aliphatic rings. The Hall–Kier alpha value is 0.140. The van der Waals surface area contributed by atoms with Crippen LogP contribution in [0.1, 0.15) is 6.92 Å². The quantitative estimate of drug-likeness (QED) is 0.651. The first-order valence-corrected chi connectivity index (χ1v) is 6.37. The maximum absolute atomic E-state index is 5.45. The van der Waals surface area contributed by atoms with Crippen LogP contribution in [-0.4, -0.2) is 27.8 Å². The van der Waals surface area contributed by atoms with E-state index in [-0.39, 0.29) is 4.93 Å². The van der Waals surface area contributed by atoms with Gasteiger partial charge in [-0.15, -0.1) is 23.5 Å². The van der Waals surface area contributed by atoms with Gasteiger partial charge in [0.1, 0.15) is 4.93 Å². The van der Waals surface area contributed by atoms with Gasteiger partial charge in [-0.1, -0.05) is 19.1 Å². The van der Waals surface area contributed by atoms with Gasteiger partial charge in [-0.05, 0) is 11.6 Å². The van der Waals surface area contributed by atoms with Crippen LogP contribution in [0.5, 0.6) is 0 Å². The van der Waals surface area contributed by atoms with E-state index >= 15 is 0 Å². The van der Waals surface area contributed by atoms with E-state index in [4.69, 9.17) is 4.74 Å². The Morgan fingerprint density at radius 2 is 2.31 bits per heavy atom. The highest BCUT2D eigenvalue weighted by molar-refractivity contribution is 8.09. The summed E-state index contributed by atoms with van der Waals surface area (Å²) in [5.74, 6) is 0. The highest BCUT2D eigenvalue weighted by Crippen LogP contribution is 2.60. The van der Waals surface area contributed by atoms with E-state index in [1.165, 1.54) is 5.57 Å². The van der Waals surface area contributed by atoms with Gasteiger partial charge in [-0.3, -0.25) is 0 Å². The third-order valence-corrected chi connectivity index (χ3v) is 5.63. The van der Waals surface area contributed by atoms with Crippen molar-refractivity contribution in [3.63, 3.8) is 0 Å². The molecule has 2 fully saturated rings. The molecular formula is C10H12OS2. The van der Waals surface area contributed by atoms with Gasteiger partial charge in [0.2, 0.25) is 0 Å². The van der Waals surface area contributed by atoms with E-state index in [1.807, 2.05) is 11.8 Å². The van der Waals surface area contributed by atoms with Crippen molar-refractivity contribution in [1.82, 2.24) is 0 Å². The van der Waals surface area contributed by atoms with E-state index in [0.29, 0.717) is 5.25 Å². The first-order valence-electron chi connectivity index (χ1n) is 4.54. The Bertz CT molecular complexity index is 310. The Balaban J connectivity index is 1.79. The Kier molecular flexibility index (Phi) is 1.68. The van der Waals surface area contributed by atoms with Gasteiger partial charge in [0, 0.05) is 17.6 Å². The van der Waals surface area contributed by atoms with Crippen LogP contribution < -0.4 is 0 Å². The van der Waals surface area contributed by atoms with Crippen LogP contribution in [0.15, 0.2) is 23.8 Å². The number of thioether (sulfide) groups is 2. The molecule has 2 saturated heterocycles. The summed E-state index contributed by atoms with van der Waals surface area (Å²) in [7, 11) is 1.80. The monoisotopic (exact) mass is 212 g/mol.